The van der Waals surface area contributed by atoms with E-state index in [-0.39, 0.29) is 27.2 Å². The van der Waals surface area contributed by atoms with Gasteiger partial charge in [0.25, 0.3) is 10.0 Å². The minimum atomic E-state index is -3.77. The third kappa shape index (κ3) is 3.39. The van der Waals surface area contributed by atoms with Gasteiger partial charge in [-0.1, -0.05) is 34.8 Å². The van der Waals surface area contributed by atoms with Crippen LogP contribution in [-0.4, -0.2) is 8.42 Å². The molecule has 0 aliphatic rings. The summed E-state index contributed by atoms with van der Waals surface area (Å²) >= 11 is 18.9. The maximum absolute atomic E-state index is 12.2. The molecule has 1 aromatic carbocycles. The standard InChI is InChI=1S/C11H9Cl3N2O2S2/c12-6-1-9(13)11(10(14)2-6)16-20(17,18)8-3-7(4-15)19-5-8/h1-3,5,16H,4,15H2. The molecule has 2 rings (SSSR count). The predicted molar refractivity (Wildman–Crippen MR) is 84.5 cm³/mol. The van der Waals surface area contributed by atoms with E-state index in [1.54, 1.807) is 0 Å². The number of benzene rings is 1. The molecule has 0 atom stereocenters. The molecule has 0 saturated carbocycles. The predicted octanol–water partition coefficient (Wildman–Crippen LogP) is 3.97. The van der Waals surface area contributed by atoms with E-state index in [1.807, 2.05) is 0 Å². The number of hydrogen-bond acceptors (Lipinski definition) is 4. The van der Waals surface area contributed by atoms with Gasteiger partial charge in [-0.3, -0.25) is 4.72 Å². The van der Waals surface area contributed by atoms with Crippen molar-refractivity contribution in [3.8, 4) is 0 Å². The van der Waals surface area contributed by atoms with Crippen LogP contribution < -0.4 is 10.5 Å². The summed E-state index contributed by atoms with van der Waals surface area (Å²) in [5.74, 6) is 0. The van der Waals surface area contributed by atoms with E-state index in [2.05, 4.69) is 4.72 Å². The molecular weight excluding hydrogens is 363 g/mol. The van der Waals surface area contributed by atoms with Gasteiger partial charge in [-0.25, -0.2) is 8.42 Å². The summed E-state index contributed by atoms with van der Waals surface area (Å²) in [7, 11) is -3.77. The van der Waals surface area contributed by atoms with Crippen LogP contribution in [0.15, 0.2) is 28.5 Å². The van der Waals surface area contributed by atoms with Crippen LogP contribution in [0.2, 0.25) is 15.1 Å². The Bertz CT molecular complexity index is 721. The van der Waals surface area contributed by atoms with Crippen LogP contribution in [0.5, 0.6) is 0 Å². The highest BCUT2D eigenvalue weighted by molar-refractivity contribution is 7.92. The lowest BCUT2D eigenvalue weighted by atomic mass is 10.3. The number of sulfonamides is 1. The zero-order valence-corrected chi connectivity index (χ0v) is 13.8. The fourth-order valence-electron chi connectivity index (χ4n) is 1.44. The number of nitrogens with two attached hydrogens (primary N) is 1. The van der Waals surface area contributed by atoms with Crippen LogP contribution in [0.1, 0.15) is 4.88 Å². The van der Waals surface area contributed by atoms with Crippen LogP contribution in [0.4, 0.5) is 5.69 Å². The van der Waals surface area contributed by atoms with Crippen LogP contribution in [0.25, 0.3) is 0 Å². The lowest BCUT2D eigenvalue weighted by molar-refractivity contribution is 0.601. The lowest BCUT2D eigenvalue weighted by Gasteiger charge is -2.10. The van der Waals surface area contributed by atoms with E-state index >= 15 is 0 Å². The summed E-state index contributed by atoms with van der Waals surface area (Å²) in [6, 6.07) is 4.32. The molecule has 3 N–H and O–H groups in total. The molecule has 0 amide bonds. The molecule has 0 aliphatic carbocycles. The van der Waals surface area contributed by atoms with Crippen molar-refractivity contribution >= 4 is 61.9 Å². The van der Waals surface area contributed by atoms with Crippen molar-refractivity contribution in [2.24, 2.45) is 5.73 Å². The normalized spacial score (nSPS) is 11.6. The van der Waals surface area contributed by atoms with Gasteiger partial charge in [0.2, 0.25) is 0 Å². The van der Waals surface area contributed by atoms with Crippen LogP contribution >= 0.6 is 46.1 Å². The van der Waals surface area contributed by atoms with Crippen molar-refractivity contribution in [1.82, 2.24) is 0 Å². The fraction of sp³-hybridized carbons (Fsp3) is 0.0909. The van der Waals surface area contributed by atoms with Gasteiger partial charge in [0.1, 0.15) is 0 Å². The molecule has 0 fully saturated rings. The van der Waals surface area contributed by atoms with Gasteiger partial charge < -0.3 is 5.73 Å². The highest BCUT2D eigenvalue weighted by Gasteiger charge is 2.19. The number of rotatable bonds is 4. The van der Waals surface area contributed by atoms with Crippen molar-refractivity contribution < 1.29 is 8.42 Å². The van der Waals surface area contributed by atoms with Crippen molar-refractivity contribution in [2.75, 3.05) is 4.72 Å². The zero-order chi connectivity index (χ0) is 14.9. The molecule has 108 valence electrons. The second-order valence-corrected chi connectivity index (χ2v) is 7.73. The van der Waals surface area contributed by atoms with E-state index in [1.165, 1.54) is 34.9 Å². The third-order valence-corrected chi connectivity index (χ3v) is 5.64. The highest BCUT2D eigenvalue weighted by Crippen LogP contribution is 2.35. The van der Waals surface area contributed by atoms with Gasteiger partial charge in [-0.05, 0) is 18.2 Å². The van der Waals surface area contributed by atoms with Gasteiger partial charge in [0.15, 0.2) is 0 Å². The summed E-state index contributed by atoms with van der Waals surface area (Å²) in [5.41, 5.74) is 5.56. The molecule has 2 aromatic rings. The average Bonchev–Trinajstić information content (AvgIpc) is 2.83. The molecule has 0 saturated heterocycles. The van der Waals surface area contributed by atoms with E-state index in [0.29, 0.717) is 5.02 Å². The summed E-state index contributed by atoms with van der Waals surface area (Å²) in [4.78, 5) is 0.878. The summed E-state index contributed by atoms with van der Waals surface area (Å²) in [6.07, 6.45) is 0. The number of hydrogen-bond donors (Lipinski definition) is 2. The van der Waals surface area contributed by atoms with E-state index in [9.17, 15) is 8.42 Å². The van der Waals surface area contributed by atoms with Gasteiger partial charge in [0, 0.05) is 21.8 Å². The Hall–Kier alpha value is -0.500. The third-order valence-electron chi connectivity index (χ3n) is 2.38. The molecule has 0 bridgehead atoms. The van der Waals surface area contributed by atoms with E-state index in [4.69, 9.17) is 40.5 Å². The maximum Gasteiger partial charge on any atom is 0.262 e. The summed E-state index contributed by atoms with van der Waals surface area (Å²) in [5, 5.41) is 2.08. The Balaban J connectivity index is 2.38. The van der Waals surface area contributed by atoms with Gasteiger partial charge in [-0.2, -0.15) is 0 Å². The first-order valence-corrected chi connectivity index (χ1v) is 8.78. The molecule has 1 heterocycles. The van der Waals surface area contributed by atoms with Crippen LogP contribution in [0, 0.1) is 0 Å². The average molecular weight is 372 g/mol. The molecule has 0 radical (unpaired) electrons. The summed E-state index contributed by atoms with van der Waals surface area (Å²) in [6.45, 7) is 0.280. The monoisotopic (exact) mass is 370 g/mol. The van der Waals surface area contributed by atoms with Gasteiger partial charge >= 0.3 is 0 Å². The Morgan fingerprint density at radius 3 is 2.25 bits per heavy atom. The quantitative estimate of drug-likeness (QED) is 0.854. The Labute approximate surface area is 135 Å². The topological polar surface area (TPSA) is 72.2 Å². The Morgan fingerprint density at radius 1 is 1.15 bits per heavy atom. The smallest absolute Gasteiger partial charge is 0.262 e. The van der Waals surface area contributed by atoms with Crippen molar-refractivity contribution in [2.45, 2.75) is 11.4 Å². The second kappa shape index (κ2) is 6.09. The molecule has 9 heteroatoms. The summed E-state index contributed by atoms with van der Waals surface area (Å²) < 4.78 is 26.8. The largest absolute Gasteiger partial charge is 0.326 e. The molecule has 4 nitrogen and oxygen atoms in total. The molecule has 0 aliphatic heterocycles. The number of halogens is 3. The minimum Gasteiger partial charge on any atom is -0.326 e. The first kappa shape index (κ1) is 15.9. The fourth-order valence-corrected chi connectivity index (χ4v) is 4.72. The molecule has 0 unspecified atom stereocenters. The number of nitrogens with one attached hydrogen (secondary N) is 1. The van der Waals surface area contributed by atoms with Crippen LogP contribution in [-0.2, 0) is 16.6 Å². The van der Waals surface area contributed by atoms with E-state index < -0.39 is 10.0 Å². The van der Waals surface area contributed by atoms with Crippen molar-refractivity contribution in [3.63, 3.8) is 0 Å². The second-order valence-electron chi connectivity index (χ2n) is 3.80. The maximum atomic E-state index is 12.2. The zero-order valence-electron chi connectivity index (χ0n) is 9.86. The highest BCUT2D eigenvalue weighted by atomic mass is 35.5. The molecule has 1 aromatic heterocycles. The Kier molecular flexibility index (Phi) is 4.84. The molecular formula is C11H9Cl3N2O2S2. The Morgan fingerprint density at radius 2 is 1.75 bits per heavy atom. The number of anilines is 1. The SMILES string of the molecule is NCc1cc(S(=O)(=O)Nc2c(Cl)cc(Cl)cc2Cl)cs1. The van der Waals surface area contributed by atoms with Gasteiger partial charge in [0.05, 0.1) is 20.6 Å². The number of thiophene rings is 1. The molecule has 20 heavy (non-hydrogen) atoms. The van der Waals surface area contributed by atoms with Crippen molar-refractivity contribution in [3.05, 3.63) is 43.5 Å². The first-order valence-electron chi connectivity index (χ1n) is 5.28. The lowest BCUT2D eigenvalue weighted by Crippen LogP contribution is -2.13. The minimum absolute atomic E-state index is 0.0956. The first-order chi connectivity index (χ1) is 9.33. The van der Waals surface area contributed by atoms with E-state index in [0.717, 1.165) is 4.88 Å². The molecule has 0 spiro atoms. The van der Waals surface area contributed by atoms with Crippen LogP contribution in [0.3, 0.4) is 0 Å². The van der Waals surface area contributed by atoms with Gasteiger partial charge in [-0.15, -0.1) is 11.3 Å². The van der Waals surface area contributed by atoms with Crippen molar-refractivity contribution in [1.29, 1.82) is 0 Å².